The maximum absolute atomic E-state index is 11.7. The quantitative estimate of drug-likeness (QED) is 0.506. The molecular formula is C13H11N5O4. The molecule has 3 rings (SSSR count). The molecule has 1 aliphatic rings. The van der Waals surface area contributed by atoms with Crippen LogP contribution in [0.5, 0.6) is 0 Å². The Bertz CT molecular complexity index is 764. The van der Waals surface area contributed by atoms with Crippen molar-refractivity contribution in [2.75, 3.05) is 6.54 Å². The molecule has 0 radical (unpaired) electrons. The fourth-order valence-corrected chi connectivity index (χ4v) is 2.05. The lowest BCUT2D eigenvalue weighted by Gasteiger charge is -2.10. The third-order valence-corrected chi connectivity index (χ3v) is 3.10. The molecule has 112 valence electrons. The molecule has 5 amide bonds. The van der Waals surface area contributed by atoms with Gasteiger partial charge in [-0.15, -0.1) is 0 Å². The van der Waals surface area contributed by atoms with E-state index in [1.165, 1.54) is 0 Å². The van der Waals surface area contributed by atoms with Crippen molar-refractivity contribution in [1.82, 2.24) is 25.5 Å². The maximum atomic E-state index is 11.7. The second-order valence-corrected chi connectivity index (χ2v) is 4.63. The zero-order valence-corrected chi connectivity index (χ0v) is 11.3. The maximum Gasteiger partial charge on any atom is 0.332 e. The van der Waals surface area contributed by atoms with Crippen LogP contribution in [0, 0.1) is 0 Å². The van der Waals surface area contributed by atoms with Crippen molar-refractivity contribution in [1.29, 1.82) is 0 Å². The third-order valence-electron chi connectivity index (χ3n) is 3.10. The van der Waals surface area contributed by atoms with Crippen molar-refractivity contribution in [2.45, 2.75) is 6.54 Å². The molecule has 1 fully saturated rings. The Morgan fingerprint density at radius 1 is 1.23 bits per heavy atom. The molecular weight excluding hydrogens is 290 g/mol. The van der Waals surface area contributed by atoms with E-state index in [4.69, 9.17) is 0 Å². The highest BCUT2D eigenvalue weighted by Crippen LogP contribution is 2.09. The molecule has 0 saturated carbocycles. The molecule has 0 aliphatic carbocycles. The highest BCUT2D eigenvalue weighted by atomic mass is 16.2. The van der Waals surface area contributed by atoms with Gasteiger partial charge in [0.2, 0.25) is 5.91 Å². The van der Waals surface area contributed by atoms with Crippen LogP contribution in [0.2, 0.25) is 0 Å². The van der Waals surface area contributed by atoms with Crippen LogP contribution in [0.25, 0.3) is 11.0 Å². The van der Waals surface area contributed by atoms with Crippen LogP contribution < -0.4 is 10.6 Å². The molecule has 2 aromatic rings. The number of H-pyrrole nitrogens is 1. The normalized spacial score (nSPS) is 14.5. The highest BCUT2D eigenvalue weighted by molar-refractivity contribution is 6.45. The molecule has 0 spiro atoms. The summed E-state index contributed by atoms with van der Waals surface area (Å²) in [4.78, 5) is 53.2. The minimum Gasteiger partial charge on any atom is -0.347 e. The number of imide groups is 2. The zero-order valence-electron chi connectivity index (χ0n) is 11.3. The van der Waals surface area contributed by atoms with Crippen LogP contribution in [0.1, 0.15) is 5.82 Å². The predicted octanol–water partition coefficient (Wildman–Crippen LogP) is -0.742. The number of rotatable bonds is 4. The number of hydrogen-bond acceptors (Lipinski definition) is 5. The van der Waals surface area contributed by atoms with Crippen LogP contribution >= 0.6 is 0 Å². The predicted molar refractivity (Wildman–Crippen MR) is 73.2 cm³/mol. The number of aromatic nitrogens is 2. The van der Waals surface area contributed by atoms with Crippen molar-refractivity contribution in [3.05, 3.63) is 30.1 Å². The Morgan fingerprint density at radius 3 is 2.68 bits per heavy atom. The number of urea groups is 1. The summed E-state index contributed by atoms with van der Waals surface area (Å²) in [6.45, 7) is -0.401. The van der Waals surface area contributed by atoms with E-state index < -0.39 is 30.3 Å². The van der Waals surface area contributed by atoms with E-state index in [-0.39, 0.29) is 6.54 Å². The fourth-order valence-electron chi connectivity index (χ4n) is 2.05. The van der Waals surface area contributed by atoms with E-state index in [1.54, 1.807) is 0 Å². The van der Waals surface area contributed by atoms with Gasteiger partial charge < -0.3 is 10.3 Å². The van der Waals surface area contributed by atoms with Gasteiger partial charge >= 0.3 is 17.8 Å². The van der Waals surface area contributed by atoms with Gasteiger partial charge in [-0.1, -0.05) is 12.1 Å². The number of amides is 5. The molecule has 9 nitrogen and oxygen atoms in total. The number of hydrogen-bond donors (Lipinski definition) is 3. The van der Waals surface area contributed by atoms with Crippen molar-refractivity contribution in [3.63, 3.8) is 0 Å². The first-order valence-electron chi connectivity index (χ1n) is 6.42. The lowest BCUT2D eigenvalue weighted by molar-refractivity contribution is -0.141. The summed E-state index contributed by atoms with van der Waals surface area (Å²) in [6.07, 6.45) is 0. The van der Waals surface area contributed by atoms with E-state index in [0.717, 1.165) is 11.0 Å². The SMILES string of the molecule is O=C(CN1C(=O)NC(=O)C1=O)NCc1nc2ccccc2[nH]1. The molecule has 3 N–H and O–H groups in total. The van der Waals surface area contributed by atoms with E-state index in [0.29, 0.717) is 10.7 Å². The standard InChI is InChI=1S/C13H11N5O4/c19-10(6-18-12(21)11(20)17-13(18)22)14-5-9-15-7-3-1-2-4-8(7)16-9/h1-4H,5-6H2,(H,14,19)(H,15,16)(H,17,20,22). The first-order chi connectivity index (χ1) is 10.5. The Morgan fingerprint density at radius 2 is 2.00 bits per heavy atom. The Labute approximate surface area is 123 Å². The third kappa shape index (κ3) is 2.51. The van der Waals surface area contributed by atoms with Crippen LogP contribution in [-0.4, -0.2) is 45.2 Å². The molecule has 1 aliphatic heterocycles. The number of benzene rings is 1. The van der Waals surface area contributed by atoms with Crippen LogP contribution in [0.3, 0.4) is 0 Å². The first-order valence-corrected chi connectivity index (χ1v) is 6.42. The number of nitrogens with zero attached hydrogens (tertiary/aromatic N) is 2. The fraction of sp³-hybridized carbons (Fsp3) is 0.154. The molecule has 1 aromatic heterocycles. The summed E-state index contributed by atoms with van der Waals surface area (Å²) in [6, 6.07) is 6.49. The van der Waals surface area contributed by atoms with Crippen LogP contribution in [0.4, 0.5) is 4.79 Å². The van der Waals surface area contributed by atoms with Crippen molar-refractivity contribution < 1.29 is 19.2 Å². The zero-order chi connectivity index (χ0) is 15.7. The van der Waals surface area contributed by atoms with Crippen LogP contribution in [-0.2, 0) is 20.9 Å². The number of carbonyl (C=O) groups is 4. The van der Waals surface area contributed by atoms with E-state index in [9.17, 15) is 19.2 Å². The molecule has 9 heteroatoms. The van der Waals surface area contributed by atoms with Gasteiger partial charge in [-0.3, -0.25) is 19.7 Å². The molecule has 22 heavy (non-hydrogen) atoms. The van der Waals surface area contributed by atoms with Gasteiger partial charge in [-0.25, -0.2) is 14.7 Å². The minimum atomic E-state index is -1.04. The van der Waals surface area contributed by atoms with Gasteiger partial charge in [0.25, 0.3) is 0 Å². The van der Waals surface area contributed by atoms with Gasteiger partial charge in [-0.2, -0.15) is 0 Å². The summed E-state index contributed by atoms with van der Waals surface area (Å²) in [5, 5.41) is 4.34. The van der Waals surface area contributed by atoms with E-state index in [2.05, 4.69) is 15.3 Å². The highest BCUT2D eigenvalue weighted by Gasteiger charge is 2.37. The van der Waals surface area contributed by atoms with Gasteiger partial charge in [0, 0.05) is 0 Å². The Balaban J connectivity index is 1.59. The number of fused-ring (bicyclic) bond motifs is 1. The molecule has 1 saturated heterocycles. The van der Waals surface area contributed by atoms with Crippen molar-refractivity contribution in [3.8, 4) is 0 Å². The average molecular weight is 301 g/mol. The summed E-state index contributed by atoms with van der Waals surface area (Å²) in [5.41, 5.74) is 1.61. The molecule has 1 aromatic carbocycles. The number of carbonyl (C=O) groups excluding carboxylic acids is 4. The smallest absolute Gasteiger partial charge is 0.332 e. The topological polar surface area (TPSA) is 124 Å². The molecule has 0 atom stereocenters. The summed E-state index contributed by atoms with van der Waals surface area (Å²) < 4.78 is 0. The van der Waals surface area contributed by atoms with Gasteiger partial charge in [0.1, 0.15) is 12.4 Å². The number of nitrogens with one attached hydrogen (secondary N) is 3. The molecule has 0 unspecified atom stereocenters. The second-order valence-electron chi connectivity index (χ2n) is 4.63. The monoisotopic (exact) mass is 301 g/mol. The van der Waals surface area contributed by atoms with Crippen molar-refractivity contribution in [2.24, 2.45) is 0 Å². The van der Waals surface area contributed by atoms with E-state index in [1.807, 2.05) is 29.6 Å². The first kappa shape index (κ1) is 13.7. The van der Waals surface area contributed by atoms with Crippen LogP contribution in [0.15, 0.2) is 24.3 Å². The lowest BCUT2D eigenvalue weighted by Crippen LogP contribution is -2.40. The summed E-state index contributed by atoms with van der Waals surface area (Å²) >= 11 is 0. The summed E-state index contributed by atoms with van der Waals surface area (Å²) in [7, 11) is 0. The average Bonchev–Trinajstić information content (AvgIpc) is 3.01. The summed E-state index contributed by atoms with van der Waals surface area (Å²) in [5.74, 6) is -2.10. The Kier molecular flexibility index (Phi) is 3.30. The lowest BCUT2D eigenvalue weighted by atomic mass is 10.3. The molecule has 0 bridgehead atoms. The minimum absolute atomic E-state index is 0.116. The van der Waals surface area contributed by atoms with E-state index >= 15 is 0 Å². The van der Waals surface area contributed by atoms with Gasteiger partial charge in [0.15, 0.2) is 0 Å². The number of para-hydroxylation sites is 2. The Hall–Kier alpha value is -3.23. The van der Waals surface area contributed by atoms with Crippen molar-refractivity contribution >= 4 is 34.8 Å². The number of aromatic amines is 1. The molecule has 2 heterocycles. The number of imidazole rings is 1. The largest absolute Gasteiger partial charge is 0.347 e. The van der Waals surface area contributed by atoms with Gasteiger partial charge in [-0.05, 0) is 12.1 Å². The second kappa shape index (κ2) is 5.28. The van der Waals surface area contributed by atoms with Gasteiger partial charge in [0.05, 0.1) is 17.6 Å².